The third-order valence-corrected chi connectivity index (χ3v) is 6.05. The number of carbonyl (C=O) groups excluding carboxylic acids is 3. The number of pyridine rings is 1. The van der Waals surface area contributed by atoms with Gasteiger partial charge in [0.15, 0.2) is 5.82 Å². The summed E-state index contributed by atoms with van der Waals surface area (Å²) in [5.74, 6) is -1.81. The van der Waals surface area contributed by atoms with Crippen LogP contribution in [-0.2, 0) is 22.5 Å². The number of carbonyl (C=O) groups is 3. The van der Waals surface area contributed by atoms with Crippen molar-refractivity contribution in [3.05, 3.63) is 113 Å². The first kappa shape index (κ1) is 28.1. The van der Waals surface area contributed by atoms with Crippen molar-refractivity contribution < 1.29 is 23.5 Å². The Morgan fingerprint density at radius 3 is 2.48 bits per heavy atom. The lowest BCUT2D eigenvalue weighted by Crippen LogP contribution is -2.14. The second-order valence-corrected chi connectivity index (χ2v) is 9.02. The SMILES string of the molecule is CCCOC(=O)Cc1cccc(NC(=O)c2cccc(-c3cc(C(=O)Nc4ccncc4F)ccc3CN)c2)c1. The second-order valence-electron chi connectivity index (χ2n) is 9.02. The van der Waals surface area contributed by atoms with Crippen LogP contribution in [0.15, 0.2) is 85.2 Å². The van der Waals surface area contributed by atoms with E-state index in [2.05, 4.69) is 15.6 Å². The molecule has 0 aliphatic carbocycles. The number of aromatic nitrogens is 1. The van der Waals surface area contributed by atoms with Crippen molar-refractivity contribution in [3.63, 3.8) is 0 Å². The average molecular weight is 541 g/mol. The van der Waals surface area contributed by atoms with Crippen LogP contribution in [0.2, 0.25) is 0 Å². The largest absolute Gasteiger partial charge is 0.465 e. The van der Waals surface area contributed by atoms with Crippen molar-refractivity contribution in [2.24, 2.45) is 5.73 Å². The van der Waals surface area contributed by atoms with Gasteiger partial charge >= 0.3 is 5.97 Å². The van der Waals surface area contributed by atoms with Crippen molar-refractivity contribution in [2.75, 3.05) is 17.2 Å². The van der Waals surface area contributed by atoms with E-state index in [0.717, 1.165) is 23.7 Å². The van der Waals surface area contributed by atoms with Gasteiger partial charge in [-0.2, -0.15) is 0 Å². The first-order valence-corrected chi connectivity index (χ1v) is 12.8. The van der Waals surface area contributed by atoms with Gasteiger partial charge in [0, 0.05) is 29.6 Å². The van der Waals surface area contributed by atoms with Gasteiger partial charge in [0.25, 0.3) is 11.8 Å². The molecule has 0 atom stereocenters. The topological polar surface area (TPSA) is 123 Å². The van der Waals surface area contributed by atoms with Gasteiger partial charge in [-0.25, -0.2) is 4.39 Å². The Morgan fingerprint density at radius 2 is 1.70 bits per heavy atom. The lowest BCUT2D eigenvalue weighted by Gasteiger charge is -2.13. The maximum atomic E-state index is 14.0. The Hall–Kier alpha value is -4.89. The van der Waals surface area contributed by atoms with Crippen molar-refractivity contribution in [2.45, 2.75) is 26.3 Å². The summed E-state index contributed by atoms with van der Waals surface area (Å²) in [7, 11) is 0. The van der Waals surface area contributed by atoms with Crippen LogP contribution in [-0.4, -0.2) is 29.4 Å². The zero-order valence-corrected chi connectivity index (χ0v) is 21.9. The number of halogens is 1. The van der Waals surface area contributed by atoms with Gasteiger partial charge in [-0.05, 0) is 71.1 Å². The number of benzene rings is 3. The minimum absolute atomic E-state index is 0.0186. The van der Waals surface area contributed by atoms with Gasteiger partial charge in [-0.3, -0.25) is 19.4 Å². The molecule has 9 heteroatoms. The van der Waals surface area contributed by atoms with E-state index in [4.69, 9.17) is 10.5 Å². The molecule has 0 bridgehead atoms. The zero-order chi connectivity index (χ0) is 28.5. The molecule has 0 spiro atoms. The maximum Gasteiger partial charge on any atom is 0.310 e. The standard InChI is InChI=1S/C31H29FN4O4/c1-2-13-40-29(37)15-20-5-3-8-25(14-20)35-30(38)22-7-4-6-21(16-22)26-17-23(9-10-24(26)18-33)31(39)36-28-11-12-34-19-27(28)32/h3-12,14,16-17,19H,2,13,15,18,33H2,1H3,(H,35,38)(H,34,36,39). The molecule has 0 aliphatic rings. The summed E-state index contributed by atoms with van der Waals surface area (Å²) in [6.07, 6.45) is 3.26. The second kappa shape index (κ2) is 13.3. The van der Waals surface area contributed by atoms with Crippen LogP contribution in [0.4, 0.5) is 15.8 Å². The molecular weight excluding hydrogens is 511 g/mol. The number of anilines is 2. The monoisotopic (exact) mass is 540 g/mol. The van der Waals surface area contributed by atoms with Crippen LogP contribution in [0.25, 0.3) is 11.1 Å². The molecule has 1 heterocycles. The Morgan fingerprint density at radius 1 is 0.925 bits per heavy atom. The van der Waals surface area contributed by atoms with E-state index in [0.29, 0.717) is 34.5 Å². The summed E-state index contributed by atoms with van der Waals surface area (Å²) in [6, 6.07) is 20.3. The van der Waals surface area contributed by atoms with Crippen molar-refractivity contribution >= 4 is 29.2 Å². The molecule has 2 amide bonds. The molecule has 1 aromatic heterocycles. The summed E-state index contributed by atoms with van der Waals surface area (Å²) in [5.41, 5.74) is 10.1. The molecule has 8 nitrogen and oxygen atoms in total. The summed E-state index contributed by atoms with van der Waals surface area (Å²) >= 11 is 0. The van der Waals surface area contributed by atoms with E-state index < -0.39 is 11.7 Å². The Labute approximate surface area is 231 Å². The van der Waals surface area contributed by atoms with Gasteiger partial charge in [0.2, 0.25) is 0 Å². The Kier molecular flexibility index (Phi) is 9.32. The molecule has 0 radical (unpaired) electrons. The van der Waals surface area contributed by atoms with Gasteiger partial charge in [0.05, 0.1) is 24.9 Å². The smallest absolute Gasteiger partial charge is 0.310 e. The summed E-state index contributed by atoms with van der Waals surface area (Å²) in [5, 5.41) is 5.41. The molecule has 0 saturated heterocycles. The quantitative estimate of drug-likeness (QED) is 0.233. The van der Waals surface area contributed by atoms with Crippen molar-refractivity contribution in [3.8, 4) is 11.1 Å². The Bertz CT molecular complexity index is 1540. The highest BCUT2D eigenvalue weighted by atomic mass is 19.1. The van der Waals surface area contributed by atoms with Crippen molar-refractivity contribution in [1.82, 2.24) is 4.98 Å². The van der Waals surface area contributed by atoms with E-state index in [1.807, 2.05) is 13.0 Å². The van der Waals surface area contributed by atoms with E-state index in [1.54, 1.807) is 60.7 Å². The molecule has 4 N–H and O–H groups in total. The van der Waals surface area contributed by atoms with Crippen LogP contribution >= 0.6 is 0 Å². The lowest BCUT2D eigenvalue weighted by molar-refractivity contribution is -0.142. The highest BCUT2D eigenvalue weighted by molar-refractivity contribution is 6.06. The van der Waals surface area contributed by atoms with E-state index in [9.17, 15) is 18.8 Å². The van der Waals surface area contributed by atoms with Crippen LogP contribution in [0, 0.1) is 5.82 Å². The summed E-state index contributed by atoms with van der Waals surface area (Å²) in [4.78, 5) is 41.6. The fraction of sp³-hybridized carbons (Fsp3) is 0.161. The molecule has 204 valence electrons. The van der Waals surface area contributed by atoms with Gasteiger partial charge in [-0.1, -0.05) is 37.3 Å². The highest BCUT2D eigenvalue weighted by Gasteiger charge is 2.15. The maximum absolute atomic E-state index is 14.0. The molecule has 0 fully saturated rings. The molecular formula is C31H29FN4O4. The predicted octanol–water partition coefficient (Wildman–Crippen LogP) is 5.35. The van der Waals surface area contributed by atoms with E-state index >= 15 is 0 Å². The molecule has 0 saturated carbocycles. The minimum Gasteiger partial charge on any atom is -0.465 e. The normalized spacial score (nSPS) is 10.6. The minimum atomic E-state index is -0.643. The zero-order valence-electron chi connectivity index (χ0n) is 21.9. The van der Waals surface area contributed by atoms with Crippen LogP contribution in [0.3, 0.4) is 0 Å². The fourth-order valence-electron chi connectivity index (χ4n) is 4.06. The van der Waals surface area contributed by atoms with Gasteiger partial charge < -0.3 is 21.1 Å². The number of esters is 1. The number of ether oxygens (including phenoxy) is 1. The fourth-order valence-corrected chi connectivity index (χ4v) is 4.06. The highest BCUT2D eigenvalue weighted by Crippen LogP contribution is 2.27. The first-order valence-electron chi connectivity index (χ1n) is 12.8. The van der Waals surface area contributed by atoms with E-state index in [1.165, 1.54) is 12.3 Å². The van der Waals surface area contributed by atoms with Gasteiger partial charge in [-0.15, -0.1) is 0 Å². The molecule has 4 rings (SSSR count). The molecule has 40 heavy (non-hydrogen) atoms. The average Bonchev–Trinajstić information content (AvgIpc) is 2.97. The number of hydrogen-bond acceptors (Lipinski definition) is 6. The number of nitrogens with one attached hydrogen (secondary N) is 2. The molecule has 0 aliphatic heterocycles. The molecule has 0 unspecified atom stereocenters. The van der Waals surface area contributed by atoms with Crippen LogP contribution in [0.1, 0.15) is 45.2 Å². The van der Waals surface area contributed by atoms with E-state index in [-0.39, 0.29) is 30.5 Å². The number of rotatable bonds is 10. The predicted molar refractivity (Wildman–Crippen MR) is 151 cm³/mol. The third-order valence-electron chi connectivity index (χ3n) is 6.05. The number of nitrogens with zero attached hydrogens (tertiary/aromatic N) is 1. The van der Waals surface area contributed by atoms with Crippen LogP contribution in [0.5, 0.6) is 0 Å². The van der Waals surface area contributed by atoms with Gasteiger partial charge in [0.1, 0.15) is 0 Å². The van der Waals surface area contributed by atoms with Crippen molar-refractivity contribution in [1.29, 1.82) is 0 Å². The summed E-state index contributed by atoms with van der Waals surface area (Å²) < 4.78 is 19.1. The first-order chi connectivity index (χ1) is 19.4. The number of amides is 2. The van der Waals surface area contributed by atoms with Crippen LogP contribution < -0.4 is 16.4 Å². The third kappa shape index (κ3) is 7.15. The number of hydrogen-bond donors (Lipinski definition) is 3. The molecule has 4 aromatic rings. The lowest BCUT2D eigenvalue weighted by atomic mass is 9.95. The Balaban J connectivity index is 1.53. The number of nitrogens with two attached hydrogens (primary N) is 1. The summed E-state index contributed by atoms with van der Waals surface area (Å²) in [6.45, 7) is 2.50. The molecule has 3 aromatic carbocycles.